The molecule has 0 aromatic heterocycles. The molecule has 20 heavy (non-hydrogen) atoms. The van der Waals surface area contributed by atoms with Crippen molar-refractivity contribution in [1.82, 2.24) is 0 Å². The summed E-state index contributed by atoms with van der Waals surface area (Å²) in [5.41, 5.74) is -0.613. The zero-order valence-corrected chi connectivity index (χ0v) is 14.2. The van der Waals surface area contributed by atoms with Gasteiger partial charge in [-0.25, -0.2) is 4.79 Å². The van der Waals surface area contributed by atoms with Crippen LogP contribution >= 0.6 is 0 Å². The highest BCUT2D eigenvalue weighted by Gasteiger charge is 2.37. The summed E-state index contributed by atoms with van der Waals surface area (Å²) in [6.45, 7) is 15.6. The smallest absolute Gasteiger partial charge is 0.347 e. The molecule has 0 heterocycles. The number of ether oxygens (including phenoxy) is 2. The van der Waals surface area contributed by atoms with Gasteiger partial charge in [0, 0.05) is 5.92 Å². The van der Waals surface area contributed by atoms with Crippen molar-refractivity contribution in [2.24, 2.45) is 16.7 Å². The number of hydrogen-bond donors (Lipinski definition) is 0. The molecule has 0 aliphatic carbocycles. The predicted molar refractivity (Wildman–Crippen MR) is 79.2 cm³/mol. The van der Waals surface area contributed by atoms with Gasteiger partial charge in [-0.3, -0.25) is 4.79 Å². The van der Waals surface area contributed by atoms with Crippen LogP contribution in [-0.4, -0.2) is 24.6 Å². The van der Waals surface area contributed by atoms with E-state index in [1.54, 1.807) is 6.92 Å². The Labute approximate surface area is 123 Å². The molecule has 0 bridgehead atoms. The van der Waals surface area contributed by atoms with Gasteiger partial charge in [-0.1, -0.05) is 34.6 Å². The topological polar surface area (TPSA) is 52.6 Å². The maximum absolute atomic E-state index is 12.3. The lowest BCUT2D eigenvalue weighted by Crippen LogP contribution is -2.39. The molecule has 0 rings (SSSR count). The van der Waals surface area contributed by atoms with Crippen molar-refractivity contribution in [2.45, 2.75) is 67.9 Å². The van der Waals surface area contributed by atoms with Gasteiger partial charge >= 0.3 is 11.9 Å². The van der Waals surface area contributed by atoms with Crippen LogP contribution in [0.3, 0.4) is 0 Å². The Bertz CT molecular complexity index is 337. The van der Waals surface area contributed by atoms with Crippen molar-refractivity contribution >= 4 is 11.9 Å². The zero-order chi connectivity index (χ0) is 16.1. The van der Waals surface area contributed by atoms with E-state index in [4.69, 9.17) is 9.47 Å². The normalized spacial score (nSPS) is 14.1. The first kappa shape index (κ1) is 18.9. The minimum Gasteiger partial charge on any atom is -0.463 e. The average molecular weight is 286 g/mol. The maximum atomic E-state index is 12.3. The van der Waals surface area contributed by atoms with Crippen molar-refractivity contribution in [3.05, 3.63) is 0 Å². The third-order valence-corrected chi connectivity index (χ3v) is 2.88. The average Bonchev–Trinajstić information content (AvgIpc) is 2.21. The summed E-state index contributed by atoms with van der Waals surface area (Å²) in [4.78, 5) is 24.2. The summed E-state index contributed by atoms with van der Waals surface area (Å²) in [6, 6.07) is 0. The van der Waals surface area contributed by atoms with Gasteiger partial charge in [0.05, 0.1) is 12.0 Å². The number of carbonyl (C=O) groups is 2. The first-order valence-electron chi connectivity index (χ1n) is 7.28. The van der Waals surface area contributed by atoms with E-state index in [9.17, 15) is 9.59 Å². The van der Waals surface area contributed by atoms with E-state index in [0.29, 0.717) is 6.42 Å². The van der Waals surface area contributed by atoms with Crippen LogP contribution in [0.4, 0.5) is 0 Å². The molecular formula is C16H30O4. The molecule has 4 nitrogen and oxygen atoms in total. The molecule has 0 spiro atoms. The van der Waals surface area contributed by atoms with Crippen LogP contribution < -0.4 is 0 Å². The molecule has 0 aromatic carbocycles. The zero-order valence-electron chi connectivity index (χ0n) is 14.2. The van der Waals surface area contributed by atoms with Gasteiger partial charge in [0.1, 0.15) is 0 Å². The van der Waals surface area contributed by atoms with Crippen LogP contribution in [0.15, 0.2) is 0 Å². The number of carbonyl (C=O) groups excluding carboxylic acids is 2. The molecule has 0 aliphatic heterocycles. The van der Waals surface area contributed by atoms with E-state index in [1.807, 2.05) is 27.7 Å². The van der Waals surface area contributed by atoms with Gasteiger partial charge in [-0.2, -0.15) is 0 Å². The molecule has 0 saturated heterocycles. The largest absolute Gasteiger partial charge is 0.463 e. The molecule has 0 N–H and O–H groups in total. The lowest BCUT2D eigenvalue weighted by molar-refractivity contribution is -0.177. The highest BCUT2D eigenvalue weighted by Crippen LogP contribution is 2.34. The summed E-state index contributed by atoms with van der Waals surface area (Å²) in [5, 5.41) is 0. The van der Waals surface area contributed by atoms with Crippen LogP contribution in [0.25, 0.3) is 0 Å². The second-order valence-electron chi connectivity index (χ2n) is 7.44. The van der Waals surface area contributed by atoms with E-state index in [1.165, 1.54) is 0 Å². The molecule has 4 heteroatoms. The summed E-state index contributed by atoms with van der Waals surface area (Å²) in [5.74, 6) is -0.926. The molecule has 0 radical (unpaired) electrons. The lowest BCUT2D eigenvalue weighted by atomic mass is 9.76. The fourth-order valence-electron chi connectivity index (χ4n) is 2.35. The highest BCUT2D eigenvalue weighted by molar-refractivity contribution is 5.82. The van der Waals surface area contributed by atoms with E-state index < -0.39 is 17.5 Å². The van der Waals surface area contributed by atoms with Crippen LogP contribution in [0.5, 0.6) is 0 Å². The minimum atomic E-state index is -0.832. The Morgan fingerprint density at radius 2 is 1.55 bits per heavy atom. The lowest BCUT2D eigenvalue weighted by Gasteiger charge is -2.32. The Hall–Kier alpha value is -1.06. The molecule has 0 aromatic rings. The van der Waals surface area contributed by atoms with Crippen molar-refractivity contribution in [3.8, 4) is 0 Å². The summed E-state index contributed by atoms with van der Waals surface area (Å²) in [6.07, 6.45) is -0.145. The van der Waals surface area contributed by atoms with Crippen LogP contribution in [0, 0.1) is 16.7 Å². The monoisotopic (exact) mass is 286 g/mol. The van der Waals surface area contributed by atoms with Crippen molar-refractivity contribution in [2.75, 3.05) is 6.61 Å². The standard InChI is InChI=1S/C16H30O4/c1-9-19-13(17)12(11(2)3)20-14(18)16(7,8)10-15(4,5)6/h11-12H,9-10H2,1-8H3. The second kappa shape index (κ2) is 7.09. The van der Waals surface area contributed by atoms with Gasteiger partial charge in [-0.15, -0.1) is 0 Å². The third-order valence-electron chi connectivity index (χ3n) is 2.88. The van der Waals surface area contributed by atoms with Gasteiger partial charge in [0.25, 0.3) is 0 Å². The Morgan fingerprint density at radius 1 is 1.05 bits per heavy atom. The predicted octanol–water partition coefficient (Wildman–Crippen LogP) is 3.58. The molecule has 0 amide bonds. The first-order chi connectivity index (χ1) is 8.90. The maximum Gasteiger partial charge on any atom is 0.347 e. The molecule has 1 atom stereocenters. The van der Waals surface area contributed by atoms with E-state index in [0.717, 1.165) is 0 Å². The van der Waals surface area contributed by atoms with E-state index in [2.05, 4.69) is 20.8 Å². The Kier molecular flexibility index (Phi) is 6.72. The number of esters is 2. The minimum absolute atomic E-state index is 0.0137. The molecular weight excluding hydrogens is 256 g/mol. The van der Waals surface area contributed by atoms with Crippen molar-refractivity contribution < 1.29 is 19.1 Å². The van der Waals surface area contributed by atoms with E-state index in [-0.39, 0.29) is 23.9 Å². The molecule has 0 saturated carbocycles. The molecule has 118 valence electrons. The Morgan fingerprint density at radius 3 is 1.90 bits per heavy atom. The first-order valence-corrected chi connectivity index (χ1v) is 7.28. The molecule has 0 fully saturated rings. The summed E-state index contributed by atoms with van der Waals surface area (Å²) in [7, 11) is 0. The summed E-state index contributed by atoms with van der Waals surface area (Å²) < 4.78 is 10.4. The molecule has 0 aliphatic rings. The fourth-order valence-corrected chi connectivity index (χ4v) is 2.35. The second-order valence-corrected chi connectivity index (χ2v) is 7.44. The SMILES string of the molecule is CCOC(=O)C(OC(=O)C(C)(C)CC(C)(C)C)C(C)C. The van der Waals surface area contributed by atoms with E-state index >= 15 is 0 Å². The van der Waals surface area contributed by atoms with Crippen LogP contribution in [0.1, 0.15) is 61.8 Å². The van der Waals surface area contributed by atoms with Crippen molar-refractivity contribution in [1.29, 1.82) is 0 Å². The van der Waals surface area contributed by atoms with Crippen molar-refractivity contribution in [3.63, 3.8) is 0 Å². The van der Waals surface area contributed by atoms with Gasteiger partial charge < -0.3 is 9.47 Å². The van der Waals surface area contributed by atoms with Gasteiger partial charge in [0.2, 0.25) is 6.10 Å². The molecule has 1 unspecified atom stereocenters. The highest BCUT2D eigenvalue weighted by atomic mass is 16.6. The van der Waals surface area contributed by atoms with Gasteiger partial charge in [0.15, 0.2) is 0 Å². The fraction of sp³-hybridized carbons (Fsp3) is 0.875. The van der Waals surface area contributed by atoms with Crippen LogP contribution in [0.2, 0.25) is 0 Å². The Balaban J connectivity index is 4.88. The van der Waals surface area contributed by atoms with Crippen LogP contribution in [-0.2, 0) is 19.1 Å². The summed E-state index contributed by atoms with van der Waals surface area (Å²) >= 11 is 0. The van der Waals surface area contributed by atoms with Gasteiger partial charge in [-0.05, 0) is 32.6 Å². The quantitative estimate of drug-likeness (QED) is 0.700. The number of rotatable bonds is 6. The third kappa shape index (κ3) is 6.40. The number of hydrogen-bond acceptors (Lipinski definition) is 4.